The van der Waals surface area contributed by atoms with E-state index in [0.717, 1.165) is 5.56 Å². The van der Waals surface area contributed by atoms with Gasteiger partial charge in [-0.3, -0.25) is 9.78 Å². The molecule has 4 heteroatoms. The molecule has 0 fully saturated rings. The highest BCUT2D eigenvalue weighted by Gasteiger charge is 2.26. The summed E-state index contributed by atoms with van der Waals surface area (Å²) in [6.45, 7) is 5.65. The van der Waals surface area contributed by atoms with Crippen molar-refractivity contribution in [2.75, 3.05) is 7.05 Å². The number of carbonyl (C=O) groups excluding carboxylic acids is 1. The van der Waals surface area contributed by atoms with Crippen molar-refractivity contribution in [2.24, 2.45) is 0 Å². The molecule has 1 amide bonds. The van der Waals surface area contributed by atoms with Crippen LogP contribution in [-0.4, -0.2) is 23.5 Å². The minimum Gasteiger partial charge on any atom is -0.348 e. The number of carbonyl (C=O) groups is 1. The van der Waals surface area contributed by atoms with Gasteiger partial charge < -0.3 is 10.6 Å². The molecule has 0 unspecified atom stereocenters. The Morgan fingerprint density at radius 1 is 1.38 bits per heavy atom. The van der Waals surface area contributed by atoms with Gasteiger partial charge in [0.1, 0.15) is 0 Å². The first-order valence-electron chi connectivity index (χ1n) is 5.37. The molecule has 0 aliphatic heterocycles. The molecule has 0 saturated carbocycles. The van der Waals surface area contributed by atoms with Gasteiger partial charge >= 0.3 is 0 Å². The highest BCUT2D eigenvalue weighted by atomic mass is 16.2. The Balaban J connectivity index is 2.66. The number of pyridine rings is 1. The largest absolute Gasteiger partial charge is 0.348 e. The van der Waals surface area contributed by atoms with Gasteiger partial charge in [-0.1, -0.05) is 0 Å². The van der Waals surface area contributed by atoms with E-state index in [1.54, 1.807) is 19.4 Å². The van der Waals surface area contributed by atoms with Crippen molar-refractivity contribution in [3.8, 4) is 0 Å². The van der Waals surface area contributed by atoms with E-state index in [0.29, 0.717) is 0 Å². The third-order valence-corrected chi connectivity index (χ3v) is 2.75. The maximum absolute atomic E-state index is 11.9. The first-order chi connectivity index (χ1) is 7.47. The molecule has 0 bridgehead atoms. The average molecular weight is 221 g/mol. The number of nitrogens with one attached hydrogen (secondary N) is 2. The third-order valence-electron chi connectivity index (χ3n) is 2.75. The number of hydrogen-bond acceptors (Lipinski definition) is 3. The van der Waals surface area contributed by atoms with Crippen LogP contribution < -0.4 is 10.6 Å². The van der Waals surface area contributed by atoms with Gasteiger partial charge in [-0.2, -0.15) is 0 Å². The maximum Gasteiger partial charge on any atom is 0.240 e. The fraction of sp³-hybridized carbons (Fsp3) is 0.500. The molecule has 1 aromatic rings. The molecule has 1 rings (SSSR count). The Bertz CT molecular complexity index is 349. The van der Waals surface area contributed by atoms with Gasteiger partial charge in [0.2, 0.25) is 5.91 Å². The number of likely N-dealkylation sites (N-methyl/N-ethyl adjacent to an activating group) is 1. The van der Waals surface area contributed by atoms with Crippen LogP contribution in [-0.2, 0) is 4.79 Å². The van der Waals surface area contributed by atoms with Gasteiger partial charge in [-0.15, -0.1) is 0 Å². The summed E-state index contributed by atoms with van der Waals surface area (Å²) in [7, 11) is 1.77. The van der Waals surface area contributed by atoms with Crippen LogP contribution in [0.25, 0.3) is 0 Å². The van der Waals surface area contributed by atoms with Crippen molar-refractivity contribution in [3.05, 3.63) is 30.1 Å². The molecule has 1 aromatic heterocycles. The molecule has 88 valence electrons. The summed E-state index contributed by atoms with van der Waals surface area (Å²) in [6.07, 6.45) is 3.45. The summed E-state index contributed by atoms with van der Waals surface area (Å²) in [5.41, 5.74) is 0.497. The van der Waals surface area contributed by atoms with Crippen molar-refractivity contribution in [2.45, 2.75) is 32.4 Å². The molecule has 2 N–H and O–H groups in total. The molecule has 1 heterocycles. The molecular formula is C12H19N3O. The molecule has 0 spiro atoms. The van der Waals surface area contributed by atoms with Crippen molar-refractivity contribution in [1.82, 2.24) is 15.6 Å². The van der Waals surface area contributed by atoms with E-state index in [1.807, 2.05) is 32.9 Å². The Labute approximate surface area is 96.5 Å². The Morgan fingerprint density at radius 2 is 1.94 bits per heavy atom. The normalized spacial score (nSPS) is 13.2. The Morgan fingerprint density at radius 3 is 2.44 bits per heavy atom. The van der Waals surface area contributed by atoms with Gasteiger partial charge in [0.25, 0.3) is 0 Å². The monoisotopic (exact) mass is 221 g/mol. The van der Waals surface area contributed by atoms with Crippen LogP contribution in [0, 0.1) is 0 Å². The summed E-state index contributed by atoms with van der Waals surface area (Å²) < 4.78 is 0. The zero-order valence-electron chi connectivity index (χ0n) is 10.2. The molecule has 0 radical (unpaired) electrons. The summed E-state index contributed by atoms with van der Waals surface area (Å²) >= 11 is 0. The van der Waals surface area contributed by atoms with E-state index in [1.165, 1.54) is 0 Å². The number of hydrogen-bond donors (Lipinski definition) is 2. The van der Waals surface area contributed by atoms with Crippen LogP contribution in [0.1, 0.15) is 32.4 Å². The van der Waals surface area contributed by atoms with Crippen molar-refractivity contribution in [3.63, 3.8) is 0 Å². The third kappa shape index (κ3) is 3.03. The number of rotatable bonds is 4. The smallest absolute Gasteiger partial charge is 0.240 e. The lowest BCUT2D eigenvalue weighted by Crippen LogP contribution is -2.51. The first kappa shape index (κ1) is 12.6. The van der Waals surface area contributed by atoms with E-state index in [2.05, 4.69) is 15.6 Å². The first-order valence-corrected chi connectivity index (χ1v) is 5.37. The summed E-state index contributed by atoms with van der Waals surface area (Å²) in [6, 6.07) is 3.79. The van der Waals surface area contributed by atoms with Crippen LogP contribution in [0.5, 0.6) is 0 Å². The summed E-state index contributed by atoms with van der Waals surface area (Å²) in [4.78, 5) is 15.8. The highest BCUT2D eigenvalue weighted by Crippen LogP contribution is 2.12. The second-order valence-corrected chi connectivity index (χ2v) is 4.35. The number of aromatic nitrogens is 1. The van der Waals surface area contributed by atoms with E-state index in [-0.39, 0.29) is 11.9 Å². The molecule has 0 aliphatic rings. The minimum atomic E-state index is -0.554. The quantitative estimate of drug-likeness (QED) is 0.804. The highest BCUT2D eigenvalue weighted by molar-refractivity contribution is 5.85. The maximum atomic E-state index is 11.9. The zero-order valence-corrected chi connectivity index (χ0v) is 10.2. The van der Waals surface area contributed by atoms with Crippen LogP contribution in [0.3, 0.4) is 0 Å². The minimum absolute atomic E-state index is 0.0110. The predicted molar refractivity (Wildman–Crippen MR) is 63.9 cm³/mol. The van der Waals surface area contributed by atoms with Crippen molar-refractivity contribution in [1.29, 1.82) is 0 Å². The molecule has 4 nitrogen and oxygen atoms in total. The molecule has 16 heavy (non-hydrogen) atoms. The lowest BCUT2D eigenvalue weighted by molar-refractivity contribution is -0.126. The second-order valence-electron chi connectivity index (χ2n) is 4.35. The molecule has 0 saturated heterocycles. The predicted octanol–water partition coefficient (Wildman–Crippen LogP) is 1.26. The lowest BCUT2D eigenvalue weighted by Gasteiger charge is -2.25. The standard InChI is InChI=1S/C12H19N3O/c1-9(10-5-7-14-8-6-10)15-11(16)12(2,3)13-4/h5-9,13H,1-4H3,(H,15,16)/t9-/m1/s1. The van der Waals surface area contributed by atoms with E-state index >= 15 is 0 Å². The fourth-order valence-corrected chi connectivity index (χ4v) is 1.23. The van der Waals surface area contributed by atoms with Crippen molar-refractivity contribution >= 4 is 5.91 Å². The average Bonchev–Trinajstić information content (AvgIpc) is 2.30. The SMILES string of the molecule is CNC(C)(C)C(=O)N[C@H](C)c1ccncc1. The van der Waals surface area contributed by atoms with Gasteiger partial charge in [0, 0.05) is 12.4 Å². The Kier molecular flexibility index (Phi) is 4.01. The number of nitrogens with zero attached hydrogens (tertiary/aromatic N) is 1. The fourth-order valence-electron chi connectivity index (χ4n) is 1.23. The summed E-state index contributed by atoms with van der Waals surface area (Å²) in [5, 5.41) is 5.93. The van der Waals surface area contributed by atoms with Gasteiger partial charge in [0.05, 0.1) is 11.6 Å². The molecule has 1 atom stereocenters. The van der Waals surface area contributed by atoms with Crippen LogP contribution in [0.4, 0.5) is 0 Å². The van der Waals surface area contributed by atoms with Crippen molar-refractivity contribution < 1.29 is 4.79 Å². The second kappa shape index (κ2) is 5.07. The zero-order chi connectivity index (χ0) is 12.2. The number of amides is 1. The Hall–Kier alpha value is -1.42. The van der Waals surface area contributed by atoms with E-state index in [9.17, 15) is 4.79 Å². The lowest BCUT2D eigenvalue weighted by atomic mass is 10.0. The molecular weight excluding hydrogens is 202 g/mol. The van der Waals surface area contributed by atoms with Crippen LogP contribution in [0.15, 0.2) is 24.5 Å². The molecule has 0 aliphatic carbocycles. The van der Waals surface area contributed by atoms with Crippen LogP contribution in [0.2, 0.25) is 0 Å². The van der Waals surface area contributed by atoms with E-state index in [4.69, 9.17) is 0 Å². The topological polar surface area (TPSA) is 54.0 Å². The van der Waals surface area contributed by atoms with Gasteiger partial charge in [-0.25, -0.2) is 0 Å². The molecule has 0 aromatic carbocycles. The van der Waals surface area contributed by atoms with Crippen LogP contribution >= 0.6 is 0 Å². The van der Waals surface area contributed by atoms with E-state index < -0.39 is 5.54 Å². The van der Waals surface area contributed by atoms with Gasteiger partial charge in [0.15, 0.2) is 0 Å². The van der Waals surface area contributed by atoms with Gasteiger partial charge in [-0.05, 0) is 45.5 Å². The summed E-state index contributed by atoms with van der Waals surface area (Å²) in [5.74, 6) is -0.0145.